The van der Waals surface area contributed by atoms with E-state index in [9.17, 15) is 13.6 Å². The molecular weight excluding hydrogens is 264 g/mol. The molecule has 112 valence electrons. The van der Waals surface area contributed by atoms with E-state index in [-0.39, 0.29) is 5.69 Å². The summed E-state index contributed by atoms with van der Waals surface area (Å²) in [6.45, 7) is 7.16. The van der Waals surface area contributed by atoms with Crippen LogP contribution >= 0.6 is 0 Å². The van der Waals surface area contributed by atoms with Crippen LogP contribution in [0.25, 0.3) is 0 Å². The lowest BCUT2D eigenvalue weighted by molar-refractivity contribution is 0.0690. The van der Waals surface area contributed by atoms with Crippen LogP contribution in [0.15, 0.2) is 12.1 Å². The van der Waals surface area contributed by atoms with E-state index >= 15 is 0 Å². The van der Waals surface area contributed by atoms with Gasteiger partial charge in [0.2, 0.25) is 0 Å². The number of benzene rings is 1. The van der Waals surface area contributed by atoms with Crippen molar-refractivity contribution in [3.63, 3.8) is 0 Å². The fourth-order valence-corrected chi connectivity index (χ4v) is 2.21. The molecule has 1 aromatic carbocycles. The summed E-state index contributed by atoms with van der Waals surface area (Å²) >= 11 is 0. The highest BCUT2D eigenvalue weighted by molar-refractivity contribution is 5.88. The van der Waals surface area contributed by atoms with Crippen LogP contribution in [-0.2, 0) is 0 Å². The van der Waals surface area contributed by atoms with Gasteiger partial charge in [0.25, 0.3) is 0 Å². The van der Waals surface area contributed by atoms with Gasteiger partial charge >= 0.3 is 5.97 Å². The van der Waals surface area contributed by atoms with Crippen molar-refractivity contribution in [2.75, 3.05) is 18.0 Å². The number of nitrogens with zero attached hydrogens (tertiary/aromatic N) is 1. The molecule has 0 aliphatic rings. The molecule has 0 radical (unpaired) electrons. The number of carbonyl (C=O) groups is 1. The van der Waals surface area contributed by atoms with Gasteiger partial charge in [-0.3, -0.25) is 0 Å². The van der Waals surface area contributed by atoms with Crippen molar-refractivity contribution in [3.05, 3.63) is 29.3 Å². The zero-order valence-electron chi connectivity index (χ0n) is 12.1. The Morgan fingerprint density at radius 3 is 2.25 bits per heavy atom. The Balaban J connectivity index is 3.10. The number of hydrogen-bond acceptors (Lipinski definition) is 2. The average molecular weight is 285 g/mol. The van der Waals surface area contributed by atoms with Crippen molar-refractivity contribution in [3.8, 4) is 0 Å². The zero-order chi connectivity index (χ0) is 15.3. The summed E-state index contributed by atoms with van der Waals surface area (Å²) in [7, 11) is 0. The molecule has 0 spiro atoms. The van der Waals surface area contributed by atoms with Gasteiger partial charge in [-0.2, -0.15) is 0 Å². The highest BCUT2D eigenvalue weighted by Gasteiger charge is 2.21. The van der Waals surface area contributed by atoms with Gasteiger partial charge in [0.05, 0.1) is 11.3 Å². The minimum Gasteiger partial charge on any atom is -0.478 e. The van der Waals surface area contributed by atoms with Crippen molar-refractivity contribution >= 4 is 11.7 Å². The molecule has 3 nitrogen and oxygen atoms in total. The van der Waals surface area contributed by atoms with Crippen molar-refractivity contribution in [1.82, 2.24) is 0 Å². The predicted molar refractivity (Wildman–Crippen MR) is 75.3 cm³/mol. The number of carboxylic acids is 1. The highest BCUT2D eigenvalue weighted by Crippen LogP contribution is 2.26. The third-order valence-corrected chi connectivity index (χ3v) is 3.65. The number of anilines is 1. The maximum Gasteiger partial charge on any atom is 0.338 e. The third-order valence-electron chi connectivity index (χ3n) is 3.65. The van der Waals surface area contributed by atoms with Crippen LogP contribution < -0.4 is 4.90 Å². The van der Waals surface area contributed by atoms with E-state index in [1.165, 1.54) is 6.07 Å². The van der Waals surface area contributed by atoms with Crippen molar-refractivity contribution in [2.45, 2.75) is 33.6 Å². The maximum absolute atomic E-state index is 14.0. The zero-order valence-corrected chi connectivity index (χ0v) is 12.1. The van der Waals surface area contributed by atoms with E-state index in [4.69, 9.17) is 5.11 Å². The Morgan fingerprint density at radius 2 is 1.80 bits per heavy atom. The molecule has 1 N–H and O–H groups in total. The van der Waals surface area contributed by atoms with Crippen molar-refractivity contribution in [1.29, 1.82) is 0 Å². The van der Waals surface area contributed by atoms with Gasteiger partial charge in [0.1, 0.15) is 0 Å². The number of aromatic carboxylic acids is 1. The quantitative estimate of drug-likeness (QED) is 0.825. The Morgan fingerprint density at radius 1 is 1.20 bits per heavy atom. The van der Waals surface area contributed by atoms with Gasteiger partial charge < -0.3 is 10.0 Å². The first kappa shape index (κ1) is 16.4. The normalized spacial score (nSPS) is 10.9. The molecule has 0 unspecified atom stereocenters. The van der Waals surface area contributed by atoms with Crippen LogP contribution in [0, 0.1) is 17.6 Å². The van der Waals surface area contributed by atoms with E-state index in [1.54, 1.807) is 4.90 Å². The molecule has 20 heavy (non-hydrogen) atoms. The highest BCUT2D eigenvalue weighted by atomic mass is 19.2. The second kappa shape index (κ2) is 7.22. The minimum atomic E-state index is -1.46. The fraction of sp³-hybridized carbons (Fsp3) is 0.533. The predicted octanol–water partition coefficient (Wildman–Crippen LogP) is 3.93. The van der Waals surface area contributed by atoms with Gasteiger partial charge in [-0.25, -0.2) is 13.6 Å². The lowest BCUT2D eigenvalue weighted by Crippen LogP contribution is -2.30. The summed E-state index contributed by atoms with van der Waals surface area (Å²) in [5, 5.41) is 8.78. The summed E-state index contributed by atoms with van der Waals surface area (Å²) in [6.07, 6.45) is 1.93. The number of rotatable bonds is 7. The van der Waals surface area contributed by atoms with E-state index in [0.717, 1.165) is 18.9 Å². The molecule has 0 aliphatic carbocycles. The molecule has 1 aromatic rings. The Bertz CT molecular complexity index is 473. The summed E-state index contributed by atoms with van der Waals surface area (Å²) in [4.78, 5) is 12.5. The number of halogens is 2. The summed E-state index contributed by atoms with van der Waals surface area (Å²) in [5.41, 5.74) is -0.508. The Hall–Kier alpha value is -1.65. The van der Waals surface area contributed by atoms with Crippen LogP contribution in [0.5, 0.6) is 0 Å². The molecular formula is C15H21F2NO2. The van der Waals surface area contributed by atoms with Crippen LogP contribution in [0.1, 0.15) is 44.0 Å². The summed E-state index contributed by atoms with van der Waals surface area (Å²) in [6, 6.07) is 2.46. The summed E-state index contributed by atoms with van der Waals surface area (Å²) in [5.74, 6) is -3.44. The van der Waals surface area contributed by atoms with Crippen molar-refractivity contribution in [2.24, 2.45) is 5.92 Å². The fourth-order valence-electron chi connectivity index (χ4n) is 2.21. The first-order chi connectivity index (χ1) is 9.46. The lowest BCUT2D eigenvalue weighted by Gasteiger charge is -2.28. The maximum atomic E-state index is 14.0. The number of hydrogen-bond donors (Lipinski definition) is 1. The van der Waals surface area contributed by atoms with E-state index in [0.29, 0.717) is 19.0 Å². The second-order valence-electron chi connectivity index (χ2n) is 4.79. The Labute approximate surface area is 118 Å². The SMILES string of the molecule is CCC(CC)CN(CC)c1ccc(C(=O)O)c(F)c1F. The number of carboxylic acid groups (broad SMARTS) is 1. The molecule has 1 rings (SSSR count). The van der Waals surface area contributed by atoms with Gasteiger partial charge in [-0.1, -0.05) is 26.7 Å². The molecule has 0 bridgehead atoms. The Kier molecular flexibility index (Phi) is 5.92. The monoisotopic (exact) mass is 285 g/mol. The van der Waals surface area contributed by atoms with Crippen LogP contribution in [0.2, 0.25) is 0 Å². The molecule has 0 saturated carbocycles. The van der Waals surface area contributed by atoms with E-state index in [1.807, 2.05) is 6.92 Å². The first-order valence-corrected chi connectivity index (χ1v) is 6.92. The van der Waals surface area contributed by atoms with Crippen molar-refractivity contribution < 1.29 is 18.7 Å². The molecule has 0 amide bonds. The van der Waals surface area contributed by atoms with E-state index < -0.39 is 23.2 Å². The molecule has 0 atom stereocenters. The van der Waals surface area contributed by atoms with Gasteiger partial charge in [0.15, 0.2) is 11.6 Å². The second-order valence-corrected chi connectivity index (χ2v) is 4.79. The van der Waals surface area contributed by atoms with Crippen LogP contribution in [-0.4, -0.2) is 24.2 Å². The molecule has 0 saturated heterocycles. The third kappa shape index (κ3) is 3.46. The van der Waals surface area contributed by atoms with Gasteiger partial charge in [-0.15, -0.1) is 0 Å². The van der Waals surface area contributed by atoms with Gasteiger partial charge in [-0.05, 0) is 25.0 Å². The standard InChI is InChI=1S/C15H21F2NO2/c1-4-10(5-2)9-18(6-3)12-8-7-11(15(19)20)13(16)14(12)17/h7-8,10H,4-6,9H2,1-3H3,(H,19,20). The molecule has 0 aromatic heterocycles. The molecule has 0 fully saturated rings. The van der Waals surface area contributed by atoms with Crippen LogP contribution in [0.3, 0.4) is 0 Å². The lowest BCUT2D eigenvalue weighted by atomic mass is 10.0. The first-order valence-electron chi connectivity index (χ1n) is 6.92. The van der Waals surface area contributed by atoms with Gasteiger partial charge in [0, 0.05) is 13.1 Å². The topological polar surface area (TPSA) is 40.5 Å². The average Bonchev–Trinajstić information content (AvgIpc) is 2.43. The minimum absolute atomic E-state index is 0.127. The van der Waals surface area contributed by atoms with E-state index in [2.05, 4.69) is 13.8 Å². The smallest absolute Gasteiger partial charge is 0.338 e. The largest absolute Gasteiger partial charge is 0.478 e. The summed E-state index contributed by atoms with van der Waals surface area (Å²) < 4.78 is 27.8. The van der Waals surface area contributed by atoms with Crippen LogP contribution in [0.4, 0.5) is 14.5 Å². The molecule has 0 aliphatic heterocycles. The molecule has 0 heterocycles. The molecule has 5 heteroatoms.